The number of nitrogens with zero attached hydrogens (tertiary/aromatic N) is 4. The van der Waals surface area contributed by atoms with Gasteiger partial charge in [-0.05, 0) is 67.3 Å². The van der Waals surface area contributed by atoms with E-state index in [0.29, 0.717) is 6.42 Å². The number of rotatable bonds is 4. The molecule has 1 atom stereocenters. The fourth-order valence-corrected chi connectivity index (χ4v) is 5.25. The second kappa shape index (κ2) is 9.74. The highest BCUT2D eigenvalue weighted by molar-refractivity contribution is 6.30. The molecular weight excluding hydrogens is 456 g/mol. The number of amides is 1. The number of benzene rings is 3. The number of aryl methyl sites for hydroxylation is 3. The predicted octanol–water partition coefficient (Wildman–Crippen LogP) is 5.40. The molecule has 2 heterocycles. The van der Waals surface area contributed by atoms with E-state index >= 15 is 0 Å². The van der Waals surface area contributed by atoms with Crippen molar-refractivity contribution in [3.05, 3.63) is 94.0 Å². The van der Waals surface area contributed by atoms with E-state index in [0.717, 1.165) is 59.5 Å². The highest BCUT2D eigenvalue weighted by Crippen LogP contribution is 2.29. The molecule has 2 aliphatic rings. The third kappa shape index (κ3) is 4.92. The van der Waals surface area contributed by atoms with Crippen molar-refractivity contribution in [1.29, 1.82) is 0 Å². The van der Waals surface area contributed by atoms with Crippen LogP contribution in [-0.4, -0.2) is 49.0 Å². The SMILES string of the molecule is Cc1cc(C)cc(N2C(=O)C(Cc3ccccc3)N=C2N2CCN(c3cc(Cl)ccc3C)CC2)c1. The van der Waals surface area contributed by atoms with Crippen molar-refractivity contribution in [1.82, 2.24) is 4.90 Å². The van der Waals surface area contributed by atoms with Gasteiger partial charge in [-0.1, -0.05) is 54.1 Å². The van der Waals surface area contributed by atoms with Gasteiger partial charge in [0.25, 0.3) is 5.91 Å². The maximum atomic E-state index is 13.7. The van der Waals surface area contributed by atoms with E-state index in [1.54, 1.807) is 0 Å². The Morgan fingerprint density at radius 3 is 2.20 bits per heavy atom. The number of halogens is 1. The number of carbonyl (C=O) groups excluding carboxylic acids is 1. The summed E-state index contributed by atoms with van der Waals surface area (Å²) in [7, 11) is 0. The van der Waals surface area contributed by atoms with E-state index in [4.69, 9.17) is 16.6 Å². The second-order valence-corrected chi connectivity index (χ2v) is 10.00. The van der Waals surface area contributed by atoms with Crippen molar-refractivity contribution >= 4 is 34.8 Å². The normalized spacial score (nSPS) is 18.3. The minimum absolute atomic E-state index is 0.0435. The van der Waals surface area contributed by atoms with E-state index in [1.807, 2.05) is 35.2 Å². The van der Waals surface area contributed by atoms with Gasteiger partial charge in [-0.15, -0.1) is 0 Å². The summed E-state index contributed by atoms with van der Waals surface area (Å²) in [6, 6.07) is 22.1. The van der Waals surface area contributed by atoms with Crippen LogP contribution in [0.5, 0.6) is 0 Å². The summed E-state index contributed by atoms with van der Waals surface area (Å²) in [4.78, 5) is 25.2. The first kappa shape index (κ1) is 23.4. The summed E-state index contributed by atoms with van der Waals surface area (Å²) in [5, 5.41) is 0.753. The Labute approximate surface area is 212 Å². The van der Waals surface area contributed by atoms with E-state index in [-0.39, 0.29) is 5.91 Å². The van der Waals surface area contributed by atoms with Crippen molar-refractivity contribution in [2.45, 2.75) is 33.2 Å². The maximum absolute atomic E-state index is 13.7. The van der Waals surface area contributed by atoms with Gasteiger partial charge in [-0.25, -0.2) is 9.89 Å². The van der Waals surface area contributed by atoms with Crippen LogP contribution in [0.3, 0.4) is 0 Å². The fourth-order valence-electron chi connectivity index (χ4n) is 5.09. The van der Waals surface area contributed by atoms with Crippen LogP contribution in [0.2, 0.25) is 5.02 Å². The lowest BCUT2D eigenvalue weighted by atomic mass is 10.1. The summed E-state index contributed by atoms with van der Waals surface area (Å²) in [5.74, 6) is 0.811. The molecule has 2 aliphatic heterocycles. The summed E-state index contributed by atoms with van der Waals surface area (Å²) in [5.41, 5.74) is 6.69. The highest BCUT2D eigenvalue weighted by Gasteiger charge is 2.39. The number of aliphatic imine (C=N–C) groups is 1. The van der Waals surface area contributed by atoms with Crippen molar-refractivity contribution in [2.24, 2.45) is 4.99 Å². The standard InChI is InChI=1S/C29H31ClN4O/c1-20-15-21(2)17-25(16-20)34-28(35)26(18-23-7-5-4-6-8-23)31-29(34)33-13-11-32(12-14-33)27-19-24(30)10-9-22(27)3/h4-10,15-17,19,26H,11-14,18H2,1-3H3. The van der Waals surface area contributed by atoms with Crippen molar-refractivity contribution in [2.75, 3.05) is 36.0 Å². The molecule has 180 valence electrons. The molecule has 1 fully saturated rings. The average Bonchev–Trinajstić information content (AvgIpc) is 3.16. The van der Waals surface area contributed by atoms with Gasteiger partial charge in [0.05, 0.1) is 5.69 Å². The quantitative estimate of drug-likeness (QED) is 0.495. The smallest absolute Gasteiger partial charge is 0.259 e. The highest BCUT2D eigenvalue weighted by atomic mass is 35.5. The molecule has 35 heavy (non-hydrogen) atoms. The third-order valence-corrected chi connectivity index (χ3v) is 7.02. The summed E-state index contributed by atoms with van der Waals surface area (Å²) >= 11 is 6.28. The molecule has 5 nitrogen and oxygen atoms in total. The first-order chi connectivity index (χ1) is 16.9. The Morgan fingerprint density at radius 2 is 1.51 bits per heavy atom. The molecule has 3 aromatic carbocycles. The molecule has 5 rings (SSSR count). The molecule has 1 amide bonds. The summed E-state index contributed by atoms with van der Waals surface area (Å²) in [6.45, 7) is 9.53. The number of hydrogen-bond acceptors (Lipinski definition) is 4. The Morgan fingerprint density at radius 1 is 0.857 bits per heavy atom. The molecule has 0 N–H and O–H groups in total. The van der Waals surface area contributed by atoms with Gasteiger partial charge in [0, 0.05) is 43.3 Å². The lowest BCUT2D eigenvalue weighted by molar-refractivity contribution is -0.118. The molecule has 0 radical (unpaired) electrons. The minimum atomic E-state index is -0.415. The molecule has 0 spiro atoms. The van der Waals surface area contributed by atoms with Gasteiger partial charge in [-0.3, -0.25) is 4.79 Å². The van der Waals surface area contributed by atoms with E-state index in [9.17, 15) is 4.79 Å². The Bertz CT molecular complexity index is 1240. The molecule has 1 unspecified atom stereocenters. The largest absolute Gasteiger partial charge is 0.368 e. The van der Waals surface area contributed by atoms with Gasteiger partial charge in [0.15, 0.2) is 0 Å². The molecule has 0 bridgehead atoms. The van der Waals surface area contributed by atoms with Crippen molar-refractivity contribution in [3.8, 4) is 0 Å². The number of guanidine groups is 1. The maximum Gasteiger partial charge on any atom is 0.259 e. The number of carbonyl (C=O) groups is 1. The van der Waals surface area contributed by atoms with Gasteiger partial charge in [0.2, 0.25) is 5.96 Å². The van der Waals surface area contributed by atoms with Crippen molar-refractivity contribution < 1.29 is 4.79 Å². The Kier molecular flexibility index (Phi) is 6.52. The van der Waals surface area contributed by atoms with Crippen LogP contribution in [0.1, 0.15) is 22.3 Å². The van der Waals surface area contributed by atoms with Crippen LogP contribution < -0.4 is 9.80 Å². The summed E-state index contributed by atoms with van der Waals surface area (Å²) in [6.07, 6.45) is 0.603. The molecule has 0 aliphatic carbocycles. The molecule has 1 saturated heterocycles. The molecule has 3 aromatic rings. The molecule has 0 saturated carbocycles. The zero-order valence-electron chi connectivity index (χ0n) is 20.5. The van der Waals surface area contributed by atoms with E-state index < -0.39 is 6.04 Å². The fraction of sp³-hybridized carbons (Fsp3) is 0.310. The van der Waals surface area contributed by atoms with Gasteiger partial charge < -0.3 is 9.80 Å². The average molecular weight is 487 g/mol. The minimum Gasteiger partial charge on any atom is -0.368 e. The van der Waals surface area contributed by atoms with Crippen LogP contribution >= 0.6 is 11.6 Å². The first-order valence-corrected chi connectivity index (χ1v) is 12.6. The topological polar surface area (TPSA) is 39.2 Å². The van der Waals surface area contributed by atoms with Crippen molar-refractivity contribution in [3.63, 3.8) is 0 Å². The van der Waals surface area contributed by atoms with Gasteiger partial charge in [-0.2, -0.15) is 0 Å². The van der Waals surface area contributed by atoms with Crippen LogP contribution in [-0.2, 0) is 11.2 Å². The van der Waals surface area contributed by atoms with Crippen LogP contribution in [0.4, 0.5) is 11.4 Å². The third-order valence-electron chi connectivity index (χ3n) is 6.79. The van der Waals surface area contributed by atoms with Crippen LogP contribution in [0.15, 0.2) is 71.7 Å². The summed E-state index contributed by atoms with van der Waals surface area (Å²) < 4.78 is 0. The zero-order valence-corrected chi connectivity index (χ0v) is 21.3. The Balaban J connectivity index is 1.42. The molecular formula is C29H31ClN4O. The predicted molar refractivity (Wildman–Crippen MR) is 145 cm³/mol. The Hall–Kier alpha value is -3.31. The van der Waals surface area contributed by atoms with Crippen LogP contribution in [0, 0.1) is 20.8 Å². The first-order valence-electron chi connectivity index (χ1n) is 12.2. The number of anilines is 2. The van der Waals surface area contributed by atoms with E-state index in [1.165, 1.54) is 11.3 Å². The monoisotopic (exact) mass is 486 g/mol. The van der Waals surface area contributed by atoms with E-state index in [2.05, 4.69) is 67.0 Å². The zero-order chi connectivity index (χ0) is 24.5. The lowest BCUT2D eigenvalue weighted by Crippen LogP contribution is -2.53. The second-order valence-electron chi connectivity index (χ2n) is 9.56. The number of hydrogen-bond donors (Lipinski definition) is 0. The molecule has 6 heteroatoms. The van der Waals surface area contributed by atoms with Crippen LogP contribution in [0.25, 0.3) is 0 Å². The van der Waals surface area contributed by atoms with Gasteiger partial charge in [0.1, 0.15) is 6.04 Å². The van der Waals surface area contributed by atoms with Gasteiger partial charge >= 0.3 is 0 Å². The molecule has 0 aromatic heterocycles. The number of piperazine rings is 1. The lowest BCUT2D eigenvalue weighted by Gasteiger charge is -2.39.